The fourth-order valence-corrected chi connectivity index (χ4v) is 17.1. The van der Waals surface area contributed by atoms with Crippen LogP contribution in [0.1, 0.15) is 144 Å². The van der Waals surface area contributed by atoms with E-state index >= 15 is 0 Å². The molecule has 0 bridgehead atoms. The van der Waals surface area contributed by atoms with E-state index < -0.39 is 89.7 Å². The van der Waals surface area contributed by atoms with Gasteiger partial charge in [-0.1, -0.05) is 43.4 Å². The molecule has 19 heteroatoms. The molecule has 0 aromatic rings. The Morgan fingerprint density at radius 2 is 0.950 bits per heavy atom. The molecule has 0 aliphatic carbocycles. The van der Waals surface area contributed by atoms with E-state index in [4.69, 9.17) is 66.3 Å². The Morgan fingerprint density at radius 3 is 1.68 bits per heavy atom. The van der Waals surface area contributed by atoms with Gasteiger partial charge in [0.25, 0.3) is 0 Å². The Bertz CT molecular complexity index is 2320. The van der Waals surface area contributed by atoms with Crippen molar-refractivity contribution in [1.82, 2.24) is 0 Å². The Kier molecular flexibility index (Phi) is 15.1. The maximum absolute atomic E-state index is 12.5. The largest absolute Gasteiger partial charge is 0.393 e. The van der Waals surface area contributed by atoms with Crippen LogP contribution < -0.4 is 0 Å². The van der Waals surface area contributed by atoms with Crippen LogP contribution in [0.2, 0.25) is 0 Å². The Hall–Kier alpha value is -1.54. The first kappa shape index (κ1) is 56.3. The molecule has 19 nitrogen and oxygen atoms in total. The maximum atomic E-state index is 12.5. The van der Waals surface area contributed by atoms with E-state index in [1.54, 1.807) is 0 Å². The highest BCUT2D eigenvalue weighted by Gasteiger charge is 2.64. The second kappa shape index (κ2) is 21.4. The van der Waals surface area contributed by atoms with E-state index in [9.17, 15) is 25.5 Å². The summed E-state index contributed by atoms with van der Waals surface area (Å²) in [6, 6.07) is 0. The molecular weight excluding hydrogens is 1040 g/mol. The van der Waals surface area contributed by atoms with Gasteiger partial charge in [-0.2, -0.15) is 0 Å². The van der Waals surface area contributed by atoms with Crippen LogP contribution in [0, 0.1) is 5.92 Å². The summed E-state index contributed by atoms with van der Waals surface area (Å²) in [6.45, 7) is 10.3. The van der Waals surface area contributed by atoms with E-state index in [0.717, 1.165) is 19.3 Å². The molecule has 31 unspecified atom stereocenters. The van der Waals surface area contributed by atoms with Gasteiger partial charge in [0, 0.05) is 64.4 Å². The van der Waals surface area contributed by atoms with Gasteiger partial charge in [0.15, 0.2) is 5.79 Å². The van der Waals surface area contributed by atoms with Crippen LogP contribution in [0.3, 0.4) is 0 Å². The highest BCUT2D eigenvalue weighted by Crippen LogP contribution is 2.54. The summed E-state index contributed by atoms with van der Waals surface area (Å²) in [5.41, 5.74) is -3.59. The van der Waals surface area contributed by atoms with Crippen molar-refractivity contribution in [2.75, 3.05) is 13.2 Å². The third-order valence-electron chi connectivity index (χ3n) is 21.9. The first-order valence-corrected chi connectivity index (χ1v) is 31.0. The van der Waals surface area contributed by atoms with Crippen molar-refractivity contribution in [3.8, 4) is 0 Å². The average Bonchev–Trinajstić information content (AvgIpc) is 3.91. The van der Waals surface area contributed by atoms with Gasteiger partial charge in [-0.3, -0.25) is 0 Å². The van der Waals surface area contributed by atoms with Crippen molar-refractivity contribution in [3.05, 3.63) is 36.5 Å². The van der Waals surface area contributed by atoms with Crippen LogP contribution in [0.4, 0.5) is 0 Å². The molecule has 11 saturated heterocycles. The van der Waals surface area contributed by atoms with E-state index in [2.05, 4.69) is 50.3 Å². The first-order chi connectivity index (χ1) is 38.3. The smallest absolute Gasteiger partial charge is 0.189 e. The van der Waals surface area contributed by atoms with E-state index in [0.29, 0.717) is 90.1 Å². The predicted octanol–water partition coefficient (Wildman–Crippen LogP) is 4.25. The predicted molar refractivity (Wildman–Crippen MR) is 282 cm³/mol. The van der Waals surface area contributed by atoms with Crippen molar-refractivity contribution < 1.29 is 91.8 Å². The van der Waals surface area contributed by atoms with Gasteiger partial charge in [0.05, 0.1) is 146 Å². The summed E-state index contributed by atoms with van der Waals surface area (Å²) in [7, 11) is 0. The Morgan fingerprint density at radius 1 is 0.438 bits per heavy atom. The second-order valence-electron chi connectivity index (χ2n) is 27.7. The van der Waals surface area contributed by atoms with Crippen molar-refractivity contribution in [3.63, 3.8) is 0 Å². The molecule has 5 N–H and O–H groups in total. The molecule has 0 saturated carbocycles. The number of rotatable bonds is 1. The molecule has 0 amide bonds. The summed E-state index contributed by atoms with van der Waals surface area (Å²) in [5, 5.41) is 56.0. The number of fused-ring (bicyclic) bond motifs is 13. The zero-order chi connectivity index (χ0) is 55.1. The quantitative estimate of drug-likeness (QED) is 0.231. The van der Waals surface area contributed by atoms with Gasteiger partial charge in [0.2, 0.25) is 0 Å². The lowest BCUT2D eigenvalue weighted by atomic mass is 9.76. The van der Waals surface area contributed by atoms with Crippen LogP contribution >= 0.6 is 0 Å². The number of ether oxygens (including phenoxy) is 14. The molecular formula is C61H90O19. The molecule has 0 radical (unpaired) electrons. The fourth-order valence-electron chi connectivity index (χ4n) is 17.1. The zero-order valence-corrected chi connectivity index (χ0v) is 47.4. The number of aliphatic hydroxyl groups excluding tert-OH is 4. The van der Waals surface area contributed by atoms with Gasteiger partial charge in [0.1, 0.15) is 35.6 Å². The molecule has 31 atom stereocenters. The Balaban J connectivity index is 0.652. The fraction of sp³-hybridized carbons (Fsp3) is 0.902. The van der Waals surface area contributed by atoms with Crippen LogP contribution in [0.25, 0.3) is 0 Å². The molecule has 11 fully saturated rings. The lowest BCUT2D eigenvalue weighted by Crippen LogP contribution is -2.66. The van der Waals surface area contributed by atoms with E-state index in [1.165, 1.54) is 0 Å². The molecule has 14 heterocycles. The van der Waals surface area contributed by atoms with Crippen LogP contribution in [-0.4, -0.2) is 220 Å². The summed E-state index contributed by atoms with van der Waals surface area (Å²) in [4.78, 5) is 0. The maximum Gasteiger partial charge on any atom is 0.189 e. The topological polar surface area (TPSA) is 230 Å². The highest BCUT2D eigenvalue weighted by molar-refractivity contribution is 5.17. The minimum atomic E-state index is -1.61. The summed E-state index contributed by atoms with van der Waals surface area (Å²) in [6.07, 6.45) is 12.5. The molecule has 80 heavy (non-hydrogen) atoms. The van der Waals surface area contributed by atoms with Crippen LogP contribution in [0.15, 0.2) is 36.5 Å². The molecule has 14 aliphatic heterocycles. The van der Waals surface area contributed by atoms with Crippen molar-refractivity contribution in [2.24, 2.45) is 5.92 Å². The van der Waals surface area contributed by atoms with Crippen molar-refractivity contribution in [1.29, 1.82) is 0 Å². The normalized spacial score (nSPS) is 58.4. The first-order valence-electron chi connectivity index (χ1n) is 31.0. The number of hydrogen-bond acceptors (Lipinski definition) is 19. The van der Waals surface area contributed by atoms with Crippen LogP contribution in [-0.2, 0) is 66.3 Å². The number of aliphatic hydroxyl groups is 5. The van der Waals surface area contributed by atoms with Gasteiger partial charge >= 0.3 is 0 Å². The van der Waals surface area contributed by atoms with Gasteiger partial charge < -0.3 is 91.8 Å². The second-order valence-corrected chi connectivity index (χ2v) is 27.7. The third kappa shape index (κ3) is 10.2. The molecule has 0 aromatic carbocycles. The van der Waals surface area contributed by atoms with E-state index in [-0.39, 0.29) is 110 Å². The lowest BCUT2D eigenvalue weighted by molar-refractivity contribution is -0.347. The third-order valence-corrected chi connectivity index (χ3v) is 21.9. The Labute approximate surface area is 470 Å². The standard InChI is InChI=1S/C61H90O19/c1-31-20-40-44(25-46-48(72-40)27-52(65)60(5)56(76-46)29-58(3)54(78-60)15-14-53-57(2,80-58)17-18-61(66,30-62)79-53)74-49-28-55-59(4,77-50(49)21-31)51(64)26-47-34(75-55)9-7-6-8-33-35(70-47)10-11-37-36(68-33)12-13-38-42(69-37)24-45-43(71-38)23-39-41(73-45)22-32(63)16-19-67-39/h6-7,10-13,31-56,62-66H,8-9,14-30H2,1-5H3. The summed E-state index contributed by atoms with van der Waals surface area (Å²) >= 11 is 0. The lowest BCUT2D eigenvalue weighted by Gasteiger charge is -2.55. The molecule has 14 aliphatic rings. The molecule has 0 spiro atoms. The van der Waals surface area contributed by atoms with E-state index in [1.807, 2.05) is 20.8 Å². The molecule has 14 rings (SSSR count). The minimum Gasteiger partial charge on any atom is -0.393 e. The molecule has 448 valence electrons. The van der Waals surface area contributed by atoms with Gasteiger partial charge in [-0.25, -0.2) is 0 Å². The molecule has 0 aromatic heterocycles. The van der Waals surface area contributed by atoms with Crippen molar-refractivity contribution >= 4 is 0 Å². The summed E-state index contributed by atoms with van der Waals surface area (Å²) < 4.78 is 96.5. The van der Waals surface area contributed by atoms with Crippen molar-refractivity contribution in [2.45, 2.75) is 325 Å². The van der Waals surface area contributed by atoms with Gasteiger partial charge in [-0.15, -0.1) is 0 Å². The van der Waals surface area contributed by atoms with Gasteiger partial charge in [-0.05, 0) is 85.0 Å². The SMILES string of the molecule is CC1CC2OC3CC(O)C4(C)OC5CCC6OC(O)(CO)CCC6(C)OC5(C)CC4OC3CC2OC2CC3OC4CC=CCC5OC6C=CC7OC8CC9OCCC(O)CC9OC8CC7OC6C=CC5OC4CC(O)C3(C)OC2C1. The summed E-state index contributed by atoms with van der Waals surface area (Å²) in [5.74, 6) is -1.40. The monoisotopic (exact) mass is 1130 g/mol. The van der Waals surface area contributed by atoms with Crippen LogP contribution in [0.5, 0.6) is 0 Å². The zero-order valence-electron chi connectivity index (χ0n) is 47.4. The number of hydrogen-bond donors (Lipinski definition) is 5. The minimum absolute atomic E-state index is 0.0949. The average molecular weight is 1130 g/mol. The highest BCUT2D eigenvalue weighted by atomic mass is 16.7.